The van der Waals surface area contributed by atoms with Crippen molar-refractivity contribution >= 4 is 23.5 Å². The average molecular weight is 427 g/mol. The van der Waals surface area contributed by atoms with Crippen LogP contribution in [0.15, 0.2) is 24.3 Å². The van der Waals surface area contributed by atoms with Crippen molar-refractivity contribution in [2.24, 2.45) is 29.1 Å². The summed E-state index contributed by atoms with van der Waals surface area (Å²) in [5.74, 6) is 1.47. The first-order valence-corrected chi connectivity index (χ1v) is 11.7. The maximum atomic E-state index is 13.4. The Bertz CT molecular complexity index is 810. The summed E-state index contributed by atoms with van der Waals surface area (Å²) in [6, 6.07) is 6.04. The number of carbonyl (C=O) groups excluding carboxylic acids is 3. The normalized spacial score (nSPS) is 29.5. The van der Waals surface area contributed by atoms with Crippen LogP contribution in [-0.4, -0.2) is 30.4 Å². The topological polar surface area (TPSA) is 84.5 Å². The number of rotatable bonds is 7. The van der Waals surface area contributed by atoms with Gasteiger partial charge in [0.2, 0.25) is 11.8 Å². The number of carbonyl (C=O) groups is 3. The molecule has 5 rings (SSSR count). The summed E-state index contributed by atoms with van der Waals surface area (Å²) in [4.78, 5) is 38.2. The smallest absolute Gasteiger partial charge is 0.338 e. The molecule has 0 aromatic heterocycles. The fraction of sp³-hybridized carbons (Fsp3) is 0.640. The van der Waals surface area contributed by atoms with Gasteiger partial charge in [0, 0.05) is 11.1 Å². The number of esters is 1. The number of amides is 2. The van der Waals surface area contributed by atoms with Gasteiger partial charge in [-0.1, -0.05) is 13.8 Å². The van der Waals surface area contributed by atoms with Crippen LogP contribution in [0, 0.1) is 29.1 Å². The van der Waals surface area contributed by atoms with Crippen molar-refractivity contribution in [3.8, 4) is 0 Å². The highest BCUT2D eigenvalue weighted by Crippen LogP contribution is 2.60. The van der Waals surface area contributed by atoms with Crippen LogP contribution in [-0.2, 0) is 14.3 Å². The van der Waals surface area contributed by atoms with E-state index in [9.17, 15) is 14.4 Å². The Labute approximate surface area is 184 Å². The molecule has 2 N–H and O–H groups in total. The van der Waals surface area contributed by atoms with Gasteiger partial charge in [-0.25, -0.2) is 4.79 Å². The van der Waals surface area contributed by atoms with Crippen LogP contribution in [0.2, 0.25) is 0 Å². The molecule has 4 fully saturated rings. The van der Waals surface area contributed by atoms with E-state index in [0.29, 0.717) is 35.6 Å². The number of ether oxygens (including phenoxy) is 1. The Morgan fingerprint density at radius 3 is 2.03 bits per heavy atom. The molecule has 4 saturated carbocycles. The maximum Gasteiger partial charge on any atom is 0.338 e. The molecule has 4 aliphatic carbocycles. The summed E-state index contributed by atoms with van der Waals surface area (Å²) in [5.41, 5.74) is 0.756. The molecule has 0 unspecified atom stereocenters. The fourth-order valence-corrected chi connectivity index (χ4v) is 6.34. The SMILES string of the molecule is CCOC(=O)c1ccc(NC(=O)[C@@H](NC(=O)C23CC4CC(CC(C4)C2)C3)C(C)C)cc1. The molecular weight excluding hydrogens is 392 g/mol. The zero-order valence-electron chi connectivity index (χ0n) is 18.8. The Morgan fingerprint density at radius 2 is 1.55 bits per heavy atom. The minimum atomic E-state index is -0.592. The molecule has 31 heavy (non-hydrogen) atoms. The monoisotopic (exact) mass is 426 g/mol. The number of benzene rings is 1. The van der Waals surface area contributed by atoms with E-state index in [0.717, 1.165) is 19.3 Å². The molecule has 2 amide bonds. The van der Waals surface area contributed by atoms with E-state index >= 15 is 0 Å². The predicted octanol–water partition coefficient (Wildman–Crippen LogP) is 4.16. The second-order valence-electron chi connectivity index (χ2n) is 10.2. The minimum absolute atomic E-state index is 0.0309. The predicted molar refractivity (Wildman–Crippen MR) is 118 cm³/mol. The number of anilines is 1. The van der Waals surface area contributed by atoms with Gasteiger partial charge in [0.25, 0.3) is 0 Å². The molecular formula is C25H34N2O4. The lowest BCUT2D eigenvalue weighted by molar-refractivity contribution is -0.148. The molecule has 0 spiro atoms. The number of hydrogen-bond donors (Lipinski definition) is 2. The van der Waals surface area contributed by atoms with Gasteiger partial charge in [0.15, 0.2) is 0 Å². The summed E-state index contributed by atoms with van der Waals surface area (Å²) in [6.45, 7) is 5.98. The highest BCUT2D eigenvalue weighted by atomic mass is 16.5. The highest BCUT2D eigenvalue weighted by molar-refractivity contribution is 5.98. The zero-order chi connectivity index (χ0) is 22.2. The van der Waals surface area contributed by atoms with Crippen molar-refractivity contribution in [1.82, 2.24) is 5.32 Å². The van der Waals surface area contributed by atoms with Crippen LogP contribution in [0.3, 0.4) is 0 Å². The summed E-state index contributed by atoms with van der Waals surface area (Å²) >= 11 is 0. The fourth-order valence-electron chi connectivity index (χ4n) is 6.34. The first kappa shape index (κ1) is 21.8. The molecule has 0 radical (unpaired) electrons. The van der Waals surface area contributed by atoms with Gasteiger partial charge < -0.3 is 15.4 Å². The van der Waals surface area contributed by atoms with E-state index in [1.54, 1.807) is 31.2 Å². The summed E-state index contributed by atoms with van der Waals surface area (Å²) in [7, 11) is 0. The third-order valence-electron chi connectivity index (χ3n) is 7.42. The first-order chi connectivity index (χ1) is 14.8. The maximum absolute atomic E-state index is 13.4. The van der Waals surface area contributed by atoms with Gasteiger partial charge in [0.1, 0.15) is 6.04 Å². The van der Waals surface area contributed by atoms with Crippen LogP contribution < -0.4 is 10.6 Å². The third-order valence-corrected chi connectivity index (χ3v) is 7.42. The van der Waals surface area contributed by atoms with Crippen LogP contribution in [0.5, 0.6) is 0 Å². The zero-order valence-corrected chi connectivity index (χ0v) is 18.8. The molecule has 4 bridgehead atoms. The quantitative estimate of drug-likeness (QED) is 0.641. The van der Waals surface area contributed by atoms with Crippen molar-refractivity contribution < 1.29 is 19.1 Å². The highest BCUT2D eigenvalue weighted by Gasteiger charge is 2.55. The lowest BCUT2D eigenvalue weighted by Crippen LogP contribution is -2.57. The molecule has 6 nitrogen and oxygen atoms in total. The third kappa shape index (κ3) is 4.48. The van der Waals surface area contributed by atoms with Gasteiger partial charge in [-0.2, -0.15) is 0 Å². The van der Waals surface area contributed by atoms with Crippen molar-refractivity contribution in [3.05, 3.63) is 29.8 Å². The molecule has 1 aromatic rings. The summed E-state index contributed by atoms with van der Waals surface area (Å²) < 4.78 is 4.99. The molecule has 1 atom stereocenters. The van der Waals surface area contributed by atoms with Gasteiger partial charge in [-0.15, -0.1) is 0 Å². The molecule has 6 heteroatoms. The van der Waals surface area contributed by atoms with E-state index in [1.807, 2.05) is 13.8 Å². The molecule has 0 heterocycles. The second kappa shape index (κ2) is 8.64. The van der Waals surface area contributed by atoms with Gasteiger partial charge in [0.05, 0.1) is 12.2 Å². The van der Waals surface area contributed by atoms with E-state index in [1.165, 1.54) is 19.3 Å². The Morgan fingerprint density at radius 1 is 1.00 bits per heavy atom. The van der Waals surface area contributed by atoms with Crippen LogP contribution in [0.25, 0.3) is 0 Å². The van der Waals surface area contributed by atoms with E-state index in [4.69, 9.17) is 4.74 Å². The van der Waals surface area contributed by atoms with Gasteiger partial charge in [-0.3, -0.25) is 9.59 Å². The van der Waals surface area contributed by atoms with E-state index in [-0.39, 0.29) is 29.1 Å². The number of hydrogen-bond acceptors (Lipinski definition) is 4. The van der Waals surface area contributed by atoms with Crippen molar-refractivity contribution in [2.45, 2.75) is 65.3 Å². The lowest BCUT2D eigenvalue weighted by atomic mass is 9.49. The summed E-state index contributed by atoms with van der Waals surface area (Å²) in [6.07, 6.45) is 6.78. The molecule has 1 aromatic carbocycles. The lowest BCUT2D eigenvalue weighted by Gasteiger charge is -2.55. The molecule has 168 valence electrons. The number of nitrogens with one attached hydrogen (secondary N) is 2. The Hall–Kier alpha value is -2.37. The minimum Gasteiger partial charge on any atom is -0.462 e. The average Bonchev–Trinajstić information content (AvgIpc) is 2.71. The van der Waals surface area contributed by atoms with Crippen LogP contribution in [0.4, 0.5) is 5.69 Å². The van der Waals surface area contributed by atoms with E-state index < -0.39 is 6.04 Å². The largest absolute Gasteiger partial charge is 0.462 e. The molecule has 0 saturated heterocycles. The molecule has 0 aliphatic heterocycles. The van der Waals surface area contributed by atoms with Crippen LogP contribution >= 0.6 is 0 Å². The molecule has 4 aliphatic rings. The standard InChI is InChI=1S/C25H34N2O4/c1-4-31-23(29)19-5-7-20(8-6-19)26-22(28)21(15(2)3)27-24(30)25-12-16-9-17(13-25)11-18(10-16)14-25/h5-8,15-18,21H,4,9-14H2,1-3H3,(H,26,28)(H,27,30)/t16?,17?,18?,21-,25?/m0/s1. The van der Waals surface area contributed by atoms with Crippen molar-refractivity contribution in [1.29, 1.82) is 0 Å². The Balaban J connectivity index is 1.41. The second-order valence-corrected chi connectivity index (χ2v) is 10.2. The van der Waals surface area contributed by atoms with Gasteiger partial charge in [-0.05, 0) is 93.4 Å². The first-order valence-electron chi connectivity index (χ1n) is 11.7. The van der Waals surface area contributed by atoms with Crippen LogP contribution in [0.1, 0.15) is 69.7 Å². The van der Waals surface area contributed by atoms with Crippen molar-refractivity contribution in [2.75, 3.05) is 11.9 Å². The Kier molecular flexibility index (Phi) is 6.09. The summed E-state index contributed by atoms with van der Waals surface area (Å²) in [5, 5.41) is 6.01. The van der Waals surface area contributed by atoms with Crippen molar-refractivity contribution in [3.63, 3.8) is 0 Å². The van der Waals surface area contributed by atoms with Gasteiger partial charge >= 0.3 is 5.97 Å². The van der Waals surface area contributed by atoms with E-state index in [2.05, 4.69) is 10.6 Å².